The first-order valence-electron chi connectivity index (χ1n) is 16.3. The third kappa shape index (κ3) is 8.90. The van der Waals surface area contributed by atoms with Crippen LogP contribution in [0, 0.1) is 5.92 Å². The number of hydrogen-bond donors (Lipinski definition) is 13. The van der Waals surface area contributed by atoms with Gasteiger partial charge in [0.05, 0.1) is 37.0 Å². The highest BCUT2D eigenvalue weighted by atomic mass is 19.1. The Kier molecular flexibility index (Phi) is 14.6. The van der Waals surface area contributed by atoms with E-state index in [1.54, 1.807) is 0 Å². The van der Waals surface area contributed by atoms with Crippen molar-refractivity contribution in [1.82, 2.24) is 0 Å². The maximum atomic E-state index is 14.0. The van der Waals surface area contributed by atoms with Crippen LogP contribution < -0.4 is 34.4 Å². The smallest absolute Gasteiger partial charge is 0.187 e. The van der Waals surface area contributed by atoms with Gasteiger partial charge in [0.25, 0.3) is 0 Å². The van der Waals surface area contributed by atoms with Crippen LogP contribution in [0.15, 0.2) is 0 Å². The molecule has 0 unspecified atom stereocenters. The zero-order chi connectivity index (χ0) is 36.3. The van der Waals surface area contributed by atoms with Crippen molar-refractivity contribution in [1.29, 1.82) is 0 Å². The van der Waals surface area contributed by atoms with Crippen molar-refractivity contribution in [3.63, 3.8) is 0 Å². The van der Waals surface area contributed by atoms with Crippen molar-refractivity contribution in [2.24, 2.45) is 40.3 Å². The van der Waals surface area contributed by atoms with E-state index in [9.17, 15) is 44.9 Å². The Balaban J connectivity index is 1.56. The lowest BCUT2D eigenvalue weighted by Crippen LogP contribution is -2.64. The van der Waals surface area contributed by atoms with Crippen LogP contribution in [0.4, 0.5) is 4.39 Å². The molecular weight excluding hydrogens is 663 g/mol. The van der Waals surface area contributed by atoms with Crippen molar-refractivity contribution < 1.29 is 73.4 Å². The highest BCUT2D eigenvalue weighted by molar-refractivity contribution is 5.83. The van der Waals surface area contributed by atoms with Crippen LogP contribution in [0.1, 0.15) is 19.3 Å². The number of rotatable bonds is 14. The molecule has 19 N–H and O–H groups in total. The van der Waals surface area contributed by atoms with E-state index in [0.717, 1.165) is 0 Å². The Hall–Kier alpha value is -1.16. The molecule has 4 rings (SSSR count). The van der Waals surface area contributed by atoms with Gasteiger partial charge < -0.3 is 98.6 Å². The monoisotopic (exact) mass is 716 g/mol. The van der Waals surface area contributed by atoms with E-state index < -0.39 is 148 Å². The molecule has 286 valence electrons. The number of carbonyl (C=O) groups excluding carboxylic acids is 1. The Morgan fingerprint density at radius 2 is 1.33 bits per heavy atom. The lowest BCUT2D eigenvalue weighted by atomic mass is 9.76. The predicted molar refractivity (Wildman–Crippen MR) is 162 cm³/mol. The van der Waals surface area contributed by atoms with Crippen LogP contribution in [0.5, 0.6) is 0 Å². The molecule has 0 aromatic heterocycles. The molecule has 1 aliphatic carbocycles. The minimum Gasteiger partial charge on any atom is -0.394 e. The SMILES string of the molecule is NC[C@@H](F)[C@H](O)C(=O)C[C@@H]1C[C@H](N)[C@@H](O[C@H]2O[C@H](CN)[C@@H](O)C[C@H]2N)[C@H](O[C@@H]2O[C@H](CO)[C@@H](O[C@H]3O[C@@H](CN)[C@@H](O)[C@H](O)[C@H]3N)[C@H]2O)[C@H]1O. The fourth-order valence-electron chi connectivity index (χ4n) is 6.70. The predicted octanol–water partition coefficient (Wildman–Crippen LogP) is -7.96. The molecule has 3 saturated heterocycles. The summed E-state index contributed by atoms with van der Waals surface area (Å²) in [5.41, 5.74) is 35.3. The molecule has 21 heteroatoms. The maximum absolute atomic E-state index is 14.0. The number of alkyl halides is 1. The van der Waals surface area contributed by atoms with Gasteiger partial charge in [0, 0.05) is 32.1 Å². The second-order valence-corrected chi connectivity index (χ2v) is 13.1. The molecule has 0 radical (unpaired) electrons. The van der Waals surface area contributed by atoms with Gasteiger partial charge in [0.1, 0.15) is 61.1 Å². The van der Waals surface area contributed by atoms with Crippen molar-refractivity contribution >= 4 is 5.78 Å². The molecule has 4 aliphatic rings. The normalized spacial score (nSPS) is 47.6. The molecule has 3 heterocycles. The quantitative estimate of drug-likeness (QED) is 0.0793. The first-order valence-corrected chi connectivity index (χ1v) is 16.3. The molecule has 49 heavy (non-hydrogen) atoms. The number of hydrogen-bond acceptors (Lipinski definition) is 20. The average molecular weight is 717 g/mol. The van der Waals surface area contributed by atoms with Crippen LogP contribution in [0.25, 0.3) is 0 Å². The summed E-state index contributed by atoms with van der Waals surface area (Å²) in [5.74, 6) is -1.96. The Morgan fingerprint density at radius 3 is 1.94 bits per heavy atom. The molecule has 20 nitrogen and oxygen atoms in total. The van der Waals surface area contributed by atoms with Crippen molar-refractivity contribution in [3.8, 4) is 0 Å². The first kappa shape index (κ1) is 40.6. The summed E-state index contributed by atoms with van der Waals surface area (Å²) in [6.07, 6.45) is -23.5. The first-order chi connectivity index (χ1) is 23.2. The number of nitrogens with two attached hydrogens (primary N) is 6. The van der Waals surface area contributed by atoms with Gasteiger partial charge in [-0.3, -0.25) is 4.79 Å². The molecule has 0 aromatic carbocycles. The van der Waals surface area contributed by atoms with E-state index in [1.807, 2.05) is 0 Å². The second-order valence-electron chi connectivity index (χ2n) is 13.1. The van der Waals surface area contributed by atoms with E-state index in [4.69, 9.17) is 62.8 Å². The van der Waals surface area contributed by atoms with E-state index >= 15 is 0 Å². The zero-order valence-electron chi connectivity index (χ0n) is 26.8. The average Bonchev–Trinajstić information content (AvgIpc) is 3.38. The van der Waals surface area contributed by atoms with Gasteiger partial charge in [-0.05, 0) is 18.8 Å². The van der Waals surface area contributed by atoms with Crippen LogP contribution in [-0.2, 0) is 33.2 Å². The zero-order valence-corrected chi connectivity index (χ0v) is 26.8. The van der Waals surface area contributed by atoms with Gasteiger partial charge in [-0.15, -0.1) is 0 Å². The fraction of sp³-hybridized carbons (Fsp3) is 0.964. The molecule has 3 aliphatic heterocycles. The highest BCUT2D eigenvalue weighted by Crippen LogP contribution is 2.37. The molecular formula is C28H53FN6O14. The minimum atomic E-state index is -2.05. The Morgan fingerprint density at radius 1 is 0.735 bits per heavy atom. The summed E-state index contributed by atoms with van der Waals surface area (Å²) in [7, 11) is 0. The molecule has 0 bridgehead atoms. The van der Waals surface area contributed by atoms with Crippen LogP contribution in [0.2, 0.25) is 0 Å². The number of ketones is 1. The maximum Gasteiger partial charge on any atom is 0.187 e. The van der Waals surface area contributed by atoms with Gasteiger partial charge in [0.2, 0.25) is 0 Å². The standard InChI is InChI=1S/C28H53FN6O14/c29-9(4-30)19(40)13(38)2-8-1-10(33)23(47-26-11(34)3-12(37)14(5-31)44-26)25(18(8)39)49-28-22(43)24(16(7-36)46-28)48-27-17(35)21(42)20(41)15(6-32)45-27/h8-12,14-28,36-37,39-43H,1-7,30-35H2/t8-,9+,10-,11+,12-,14+,15-,16+,17+,18-,19-,20+,21+,22+,23+,24+,25+,26+,27+,28-/m0/s1. The summed E-state index contributed by atoms with van der Waals surface area (Å²) >= 11 is 0. The van der Waals surface area contributed by atoms with E-state index in [2.05, 4.69) is 0 Å². The minimum absolute atomic E-state index is 0.0485. The van der Waals surface area contributed by atoms with Crippen molar-refractivity contribution in [2.75, 3.05) is 26.2 Å². The molecule has 4 fully saturated rings. The van der Waals surface area contributed by atoms with Gasteiger partial charge in [-0.2, -0.15) is 0 Å². The van der Waals surface area contributed by atoms with Gasteiger partial charge in [0.15, 0.2) is 24.7 Å². The third-order valence-corrected chi connectivity index (χ3v) is 9.66. The number of aliphatic hydroxyl groups excluding tert-OH is 7. The Labute approximate surface area is 281 Å². The van der Waals surface area contributed by atoms with E-state index in [-0.39, 0.29) is 25.9 Å². The summed E-state index contributed by atoms with van der Waals surface area (Å²) in [6, 6.07) is -3.18. The number of ether oxygens (including phenoxy) is 6. The van der Waals surface area contributed by atoms with Gasteiger partial charge in [-0.1, -0.05) is 0 Å². The third-order valence-electron chi connectivity index (χ3n) is 9.66. The van der Waals surface area contributed by atoms with Gasteiger partial charge >= 0.3 is 0 Å². The number of carbonyl (C=O) groups is 1. The van der Waals surface area contributed by atoms with Crippen LogP contribution in [0.3, 0.4) is 0 Å². The topological polar surface area (TPSA) is 370 Å². The van der Waals surface area contributed by atoms with Crippen LogP contribution >= 0.6 is 0 Å². The van der Waals surface area contributed by atoms with Gasteiger partial charge in [-0.25, -0.2) is 4.39 Å². The molecule has 0 spiro atoms. The lowest BCUT2D eigenvalue weighted by molar-refractivity contribution is -0.299. The largest absolute Gasteiger partial charge is 0.394 e. The summed E-state index contributed by atoms with van der Waals surface area (Å²) in [4.78, 5) is 12.7. The Bertz CT molecular complexity index is 1060. The van der Waals surface area contributed by atoms with Crippen molar-refractivity contribution in [3.05, 3.63) is 0 Å². The lowest BCUT2D eigenvalue weighted by Gasteiger charge is -2.47. The van der Waals surface area contributed by atoms with E-state index in [0.29, 0.717) is 0 Å². The van der Waals surface area contributed by atoms with Crippen LogP contribution in [-0.4, -0.2) is 184 Å². The molecule has 20 atom stereocenters. The highest BCUT2D eigenvalue weighted by Gasteiger charge is 2.54. The number of halogens is 1. The fourth-order valence-corrected chi connectivity index (χ4v) is 6.70. The van der Waals surface area contributed by atoms with E-state index in [1.165, 1.54) is 0 Å². The summed E-state index contributed by atoms with van der Waals surface area (Å²) in [5, 5.41) is 73.9. The molecule has 0 aromatic rings. The number of Topliss-reactive ketones (excluding diaryl/α,β-unsaturated/α-hetero) is 1. The molecule has 0 amide bonds. The second kappa shape index (κ2) is 17.6. The number of aliphatic hydroxyl groups is 7. The molecule has 1 saturated carbocycles. The van der Waals surface area contributed by atoms with Crippen molar-refractivity contribution in [2.45, 2.75) is 136 Å². The summed E-state index contributed by atoms with van der Waals surface area (Å²) < 4.78 is 49.2. The summed E-state index contributed by atoms with van der Waals surface area (Å²) in [6.45, 7) is -1.60.